The normalized spacial score (nSPS) is 10.7. The minimum atomic E-state index is -0.684. The van der Waals surface area contributed by atoms with Gasteiger partial charge in [0.1, 0.15) is 21.4 Å². The first kappa shape index (κ1) is 34.4. The zero-order chi connectivity index (χ0) is 33.2. The SMILES string of the molecule is CCOC(=O)c1sc(NC(=O)CSc2nnc(CNC(=O)COc3ccc(Cl)cc3)n2-c2ccc(F)cc2)c(C(=O)OCC)c1C. The number of nitrogens with one attached hydrogen (secondary N) is 2. The number of halogens is 2. The Kier molecular flexibility index (Phi) is 12.1. The van der Waals surface area contributed by atoms with Crippen LogP contribution in [0.25, 0.3) is 5.69 Å². The number of hydrogen-bond donors (Lipinski definition) is 2. The maximum Gasteiger partial charge on any atom is 0.348 e. The van der Waals surface area contributed by atoms with Crippen LogP contribution in [0.15, 0.2) is 53.7 Å². The Morgan fingerprint density at radius 2 is 1.63 bits per heavy atom. The first-order valence-electron chi connectivity index (χ1n) is 13.9. The van der Waals surface area contributed by atoms with E-state index >= 15 is 0 Å². The van der Waals surface area contributed by atoms with E-state index in [-0.39, 0.29) is 52.7 Å². The molecule has 0 aliphatic carbocycles. The van der Waals surface area contributed by atoms with Crippen molar-refractivity contribution < 1.29 is 37.8 Å². The number of carbonyl (C=O) groups excluding carboxylic acids is 4. The second kappa shape index (κ2) is 16.2. The number of hydrogen-bond acceptors (Lipinski definition) is 11. The summed E-state index contributed by atoms with van der Waals surface area (Å²) >= 11 is 7.81. The van der Waals surface area contributed by atoms with Crippen LogP contribution < -0.4 is 15.4 Å². The molecule has 0 aliphatic heterocycles. The Hall–Kier alpha value is -4.47. The average Bonchev–Trinajstić information content (AvgIpc) is 3.59. The van der Waals surface area contributed by atoms with Gasteiger partial charge in [-0.15, -0.1) is 21.5 Å². The van der Waals surface area contributed by atoms with Crippen molar-refractivity contribution >= 4 is 63.5 Å². The predicted octanol–water partition coefficient (Wildman–Crippen LogP) is 5.21. The number of benzene rings is 2. The summed E-state index contributed by atoms with van der Waals surface area (Å²) in [5.74, 6) is -2.08. The van der Waals surface area contributed by atoms with Crippen LogP contribution in [0.2, 0.25) is 5.02 Å². The lowest BCUT2D eigenvalue weighted by Crippen LogP contribution is -2.29. The van der Waals surface area contributed by atoms with E-state index in [0.717, 1.165) is 23.1 Å². The summed E-state index contributed by atoms with van der Waals surface area (Å²) in [6.07, 6.45) is 0. The summed E-state index contributed by atoms with van der Waals surface area (Å²) in [5, 5.41) is 14.7. The number of carbonyl (C=O) groups is 4. The highest BCUT2D eigenvalue weighted by Gasteiger charge is 2.27. The smallest absolute Gasteiger partial charge is 0.348 e. The highest BCUT2D eigenvalue weighted by molar-refractivity contribution is 7.99. The molecule has 0 spiro atoms. The molecule has 16 heteroatoms. The number of aromatic nitrogens is 3. The second-order valence-electron chi connectivity index (χ2n) is 9.27. The van der Waals surface area contributed by atoms with E-state index in [4.69, 9.17) is 25.8 Å². The van der Waals surface area contributed by atoms with Gasteiger partial charge in [-0.2, -0.15) is 0 Å². The number of nitrogens with zero attached hydrogens (tertiary/aromatic N) is 3. The van der Waals surface area contributed by atoms with Crippen LogP contribution >= 0.6 is 34.7 Å². The summed E-state index contributed by atoms with van der Waals surface area (Å²) in [4.78, 5) is 50.9. The van der Waals surface area contributed by atoms with Crippen LogP contribution in [0, 0.1) is 12.7 Å². The van der Waals surface area contributed by atoms with Crippen LogP contribution in [0.5, 0.6) is 5.75 Å². The van der Waals surface area contributed by atoms with Crippen molar-refractivity contribution in [1.29, 1.82) is 0 Å². The lowest BCUT2D eigenvalue weighted by Gasteiger charge is -2.12. The number of esters is 2. The van der Waals surface area contributed by atoms with Gasteiger partial charge in [-0.3, -0.25) is 14.2 Å². The fraction of sp³-hybridized carbons (Fsp3) is 0.267. The lowest BCUT2D eigenvalue weighted by atomic mass is 10.1. The molecule has 0 saturated carbocycles. The molecule has 0 fully saturated rings. The van der Waals surface area contributed by atoms with Crippen molar-refractivity contribution in [3.63, 3.8) is 0 Å². The first-order valence-corrected chi connectivity index (χ1v) is 16.0. The van der Waals surface area contributed by atoms with Gasteiger partial charge in [0.2, 0.25) is 5.91 Å². The van der Waals surface area contributed by atoms with Crippen molar-refractivity contribution in [2.45, 2.75) is 32.5 Å². The maximum absolute atomic E-state index is 13.7. The van der Waals surface area contributed by atoms with E-state index in [1.807, 2.05) is 0 Å². The van der Waals surface area contributed by atoms with Gasteiger partial charge in [-0.1, -0.05) is 23.4 Å². The fourth-order valence-corrected chi connectivity index (χ4v) is 6.00. The van der Waals surface area contributed by atoms with Crippen molar-refractivity contribution in [3.8, 4) is 11.4 Å². The zero-order valence-corrected chi connectivity index (χ0v) is 27.3. The number of thiophene rings is 1. The standard InChI is InChI=1S/C30H29ClFN5O7S2/c1-4-42-28(40)25-17(3)26(29(41)43-5-2)46-27(25)34-24(39)16-45-30-36-35-22(37(30)20-10-8-19(32)9-11-20)14-33-23(38)15-44-21-12-6-18(31)7-13-21/h6-13H,4-5,14-16H2,1-3H3,(H,33,38)(H,34,39). The molecular formula is C30H29ClFN5O7S2. The molecule has 2 aromatic heterocycles. The molecule has 242 valence electrons. The molecule has 0 unspecified atom stereocenters. The van der Waals surface area contributed by atoms with Crippen LogP contribution in [-0.4, -0.2) is 64.1 Å². The minimum absolute atomic E-state index is 0.0477. The van der Waals surface area contributed by atoms with Gasteiger partial charge in [-0.05, 0) is 74.9 Å². The third-order valence-electron chi connectivity index (χ3n) is 6.08. The van der Waals surface area contributed by atoms with Gasteiger partial charge < -0.3 is 24.8 Å². The molecule has 2 heterocycles. The van der Waals surface area contributed by atoms with Gasteiger partial charge in [0.15, 0.2) is 17.6 Å². The summed E-state index contributed by atoms with van der Waals surface area (Å²) in [7, 11) is 0. The number of ether oxygens (including phenoxy) is 3. The molecule has 4 aromatic rings. The zero-order valence-electron chi connectivity index (χ0n) is 24.9. The van der Waals surface area contributed by atoms with Gasteiger partial charge in [0, 0.05) is 10.7 Å². The number of thioether (sulfide) groups is 1. The minimum Gasteiger partial charge on any atom is -0.484 e. The molecule has 0 atom stereocenters. The largest absolute Gasteiger partial charge is 0.484 e. The van der Waals surface area contributed by atoms with Crippen molar-refractivity contribution in [3.05, 3.63) is 81.2 Å². The van der Waals surface area contributed by atoms with Gasteiger partial charge in [0.05, 0.1) is 31.1 Å². The predicted molar refractivity (Wildman–Crippen MR) is 170 cm³/mol. The van der Waals surface area contributed by atoms with Gasteiger partial charge in [0.25, 0.3) is 5.91 Å². The summed E-state index contributed by atoms with van der Waals surface area (Å²) in [6, 6.07) is 12.1. The van der Waals surface area contributed by atoms with Crippen molar-refractivity contribution in [2.75, 3.05) is 30.9 Å². The molecule has 2 aromatic carbocycles. The molecule has 2 amide bonds. The van der Waals surface area contributed by atoms with Gasteiger partial charge in [-0.25, -0.2) is 14.0 Å². The number of amides is 2. The van der Waals surface area contributed by atoms with Crippen molar-refractivity contribution in [2.24, 2.45) is 0 Å². The van der Waals surface area contributed by atoms with E-state index in [9.17, 15) is 23.6 Å². The average molecular weight is 690 g/mol. The number of anilines is 1. The molecular weight excluding hydrogens is 661 g/mol. The molecule has 2 N–H and O–H groups in total. The Balaban J connectivity index is 1.48. The van der Waals surface area contributed by atoms with Crippen LogP contribution in [0.4, 0.5) is 9.39 Å². The molecule has 4 rings (SSSR count). The molecule has 46 heavy (non-hydrogen) atoms. The second-order valence-corrected chi connectivity index (χ2v) is 11.7. The van der Waals surface area contributed by atoms with E-state index in [1.165, 1.54) is 24.3 Å². The summed E-state index contributed by atoms with van der Waals surface area (Å²) in [6.45, 7) is 4.82. The third kappa shape index (κ3) is 8.83. The Bertz CT molecular complexity index is 1710. The maximum atomic E-state index is 13.7. The third-order valence-corrected chi connectivity index (χ3v) is 8.45. The van der Waals surface area contributed by atoms with Crippen molar-refractivity contribution in [1.82, 2.24) is 20.1 Å². The topological polar surface area (TPSA) is 151 Å². The van der Waals surface area contributed by atoms with Crippen LogP contribution in [0.3, 0.4) is 0 Å². The fourth-order valence-electron chi connectivity index (χ4n) is 4.00. The summed E-state index contributed by atoms with van der Waals surface area (Å²) < 4.78 is 31.0. The Morgan fingerprint density at radius 3 is 2.30 bits per heavy atom. The molecule has 0 saturated heterocycles. The Morgan fingerprint density at radius 1 is 0.957 bits per heavy atom. The van der Waals surface area contributed by atoms with Crippen LogP contribution in [-0.2, 0) is 25.6 Å². The highest BCUT2D eigenvalue weighted by atomic mass is 35.5. The molecule has 0 radical (unpaired) electrons. The number of rotatable bonds is 14. The van der Waals surface area contributed by atoms with E-state index in [2.05, 4.69) is 20.8 Å². The summed E-state index contributed by atoms with van der Waals surface area (Å²) in [5.41, 5.74) is 0.903. The molecule has 12 nitrogen and oxygen atoms in total. The lowest BCUT2D eigenvalue weighted by molar-refractivity contribution is -0.123. The van der Waals surface area contributed by atoms with E-state index in [1.54, 1.807) is 49.6 Å². The highest BCUT2D eigenvalue weighted by Crippen LogP contribution is 2.35. The first-order chi connectivity index (χ1) is 22.1. The Labute approximate surface area is 276 Å². The van der Waals surface area contributed by atoms with Gasteiger partial charge >= 0.3 is 11.9 Å². The quantitative estimate of drug-likeness (QED) is 0.133. The molecule has 0 aliphatic rings. The molecule has 0 bridgehead atoms. The monoisotopic (exact) mass is 689 g/mol. The van der Waals surface area contributed by atoms with E-state index in [0.29, 0.717) is 27.8 Å². The van der Waals surface area contributed by atoms with Crippen LogP contribution in [0.1, 0.15) is 45.3 Å². The van der Waals surface area contributed by atoms with E-state index < -0.39 is 29.6 Å².